The van der Waals surface area contributed by atoms with Crippen LogP contribution in [0.3, 0.4) is 0 Å². The third kappa shape index (κ3) is 3.36. The van der Waals surface area contributed by atoms with Crippen LogP contribution >= 0.6 is 0 Å². The maximum atomic E-state index is 11.4. The average molecular weight is 405 g/mol. The molecule has 1 unspecified atom stereocenters. The number of fused-ring (bicyclic) bond motifs is 1. The molecule has 3 rings (SSSR count). The second-order valence-electron chi connectivity index (χ2n) is 9.69. The maximum Gasteiger partial charge on any atom is 0.0875 e. The Morgan fingerprint density at radius 3 is 2.27 bits per heavy atom. The number of hydrogen-bond acceptors (Lipinski definition) is 1. The predicted molar refractivity (Wildman–Crippen MR) is 130 cm³/mol. The van der Waals surface area contributed by atoms with Crippen molar-refractivity contribution in [1.82, 2.24) is 0 Å². The van der Waals surface area contributed by atoms with Crippen molar-refractivity contribution in [1.29, 1.82) is 0 Å². The number of aliphatic hydroxyl groups is 1. The van der Waals surface area contributed by atoms with Crippen LogP contribution in [0.1, 0.15) is 87.0 Å². The summed E-state index contributed by atoms with van der Waals surface area (Å²) in [6, 6.07) is 0. The summed E-state index contributed by atoms with van der Waals surface area (Å²) in [4.78, 5) is 0. The van der Waals surface area contributed by atoms with Gasteiger partial charge in [0.25, 0.3) is 0 Å². The first-order valence-corrected chi connectivity index (χ1v) is 11.7. The highest BCUT2D eigenvalue weighted by atomic mass is 16.3. The summed E-state index contributed by atoms with van der Waals surface area (Å²) >= 11 is 0. The summed E-state index contributed by atoms with van der Waals surface area (Å²) in [5.41, 5.74) is 12.2. The summed E-state index contributed by atoms with van der Waals surface area (Å²) in [6.45, 7) is 24.2. The molecule has 162 valence electrons. The molecule has 0 aromatic carbocycles. The van der Waals surface area contributed by atoms with Crippen molar-refractivity contribution in [3.63, 3.8) is 0 Å². The SMILES string of the molecule is C=C(C1=C2C(=C(CC)C(C)(O)C1)[C@]2(C)C(=C)C)/C(CC)=C(/CC)C1=C(C)CCC=C1. The van der Waals surface area contributed by atoms with Gasteiger partial charge in [-0.25, -0.2) is 0 Å². The van der Waals surface area contributed by atoms with Gasteiger partial charge >= 0.3 is 0 Å². The van der Waals surface area contributed by atoms with E-state index in [1.54, 1.807) is 0 Å². The standard InChI is InChI=1S/C29H40O/c1-10-21(22(11-2)23-16-14-13-15-19(23)6)20(7)24-17-28(8,30)25(12-3)27-26(24)29(27,9)18(4)5/h14,16,30H,4,7,10-13,15,17H2,1-3,5-6,8-9H3/b22-21-/t28?,29-/m1/s1. The van der Waals surface area contributed by atoms with Crippen LogP contribution in [0.15, 0.2) is 81.0 Å². The van der Waals surface area contributed by atoms with Gasteiger partial charge in [0.05, 0.1) is 5.60 Å². The van der Waals surface area contributed by atoms with Crippen LogP contribution in [-0.2, 0) is 0 Å². The fourth-order valence-corrected chi connectivity index (χ4v) is 5.82. The zero-order chi connectivity index (χ0) is 22.4. The zero-order valence-electron chi connectivity index (χ0n) is 20.3. The van der Waals surface area contributed by atoms with Crippen molar-refractivity contribution in [2.24, 2.45) is 5.41 Å². The lowest BCUT2D eigenvalue weighted by molar-refractivity contribution is 0.0947. The Morgan fingerprint density at radius 2 is 1.77 bits per heavy atom. The van der Waals surface area contributed by atoms with E-state index in [9.17, 15) is 5.11 Å². The molecule has 0 saturated heterocycles. The fraction of sp³-hybridized carbons (Fsp3) is 0.517. The minimum absolute atomic E-state index is 0.116. The Hall–Kier alpha value is -1.86. The average Bonchev–Trinajstić information content (AvgIpc) is 3.32. The van der Waals surface area contributed by atoms with Gasteiger partial charge in [-0.05, 0) is 104 Å². The number of allylic oxidation sites excluding steroid dienone is 10. The van der Waals surface area contributed by atoms with E-state index in [-0.39, 0.29) is 5.41 Å². The van der Waals surface area contributed by atoms with Gasteiger partial charge < -0.3 is 5.11 Å². The Bertz CT molecular complexity index is 954. The van der Waals surface area contributed by atoms with Crippen LogP contribution in [0, 0.1) is 5.41 Å². The van der Waals surface area contributed by atoms with E-state index in [2.05, 4.69) is 66.9 Å². The molecule has 1 fully saturated rings. The molecule has 1 nitrogen and oxygen atoms in total. The molecule has 1 N–H and O–H groups in total. The molecule has 1 saturated carbocycles. The van der Waals surface area contributed by atoms with Crippen LogP contribution < -0.4 is 0 Å². The first-order valence-electron chi connectivity index (χ1n) is 11.7. The third-order valence-corrected chi connectivity index (χ3v) is 7.72. The lowest BCUT2D eigenvalue weighted by atomic mass is 9.77. The molecule has 0 spiro atoms. The third-order valence-electron chi connectivity index (χ3n) is 7.72. The van der Waals surface area contributed by atoms with Gasteiger partial charge in [-0.15, -0.1) is 0 Å². The van der Waals surface area contributed by atoms with E-state index in [0.717, 1.165) is 43.3 Å². The van der Waals surface area contributed by atoms with Gasteiger partial charge in [-0.3, -0.25) is 0 Å². The first-order chi connectivity index (χ1) is 14.1. The summed E-state index contributed by atoms with van der Waals surface area (Å²) in [6.07, 6.45) is 10.4. The van der Waals surface area contributed by atoms with Crippen LogP contribution in [0.5, 0.6) is 0 Å². The van der Waals surface area contributed by atoms with E-state index in [1.807, 2.05) is 6.92 Å². The highest BCUT2D eigenvalue weighted by molar-refractivity contribution is 5.77. The molecular weight excluding hydrogens is 364 g/mol. The minimum atomic E-state index is -0.815. The van der Waals surface area contributed by atoms with E-state index in [0.29, 0.717) is 6.42 Å². The molecule has 0 aromatic rings. The van der Waals surface area contributed by atoms with Crippen LogP contribution in [0.2, 0.25) is 0 Å². The van der Waals surface area contributed by atoms with E-state index >= 15 is 0 Å². The Balaban J connectivity index is 2.21. The van der Waals surface area contributed by atoms with Gasteiger partial charge in [0.15, 0.2) is 0 Å². The molecule has 30 heavy (non-hydrogen) atoms. The molecule has 0 aliphatic heterocycles. The Kier molecular flexibility index (Phi) is 6.09. The molecule has 3 aliphatic carbocycles. The molecule has 0 aromatic heterocycles. The van der Waals surface area contributed by atoms with Gasteiger partial charge in [0.1, 0.15) is 0 Å². The monoisotopic (exact) mass is 404 g/mol. The van der Waals surface area contributed by atoms with Crippen LogP contribution in [0.25, 0.3) is 0 Å². The fourth-order valence-electron chi connectivity index (χ4n) is 5.82. The van der Waals surface area contributed by atoms with Crippen molar-refractivity contribution in [3.05, 3.63) is 81.0 Å². The second-order valence-corrected chi connectivity index (χ2v) is 9.69. The molecule has 0 heterocycles. The molecule has 0 amide bonds. The smallest absolute Gasteiger partial charge is 0.0875 e. The number of rotatable bonds is 7. The molecule has 0 bridgehead atoms. The molecule has 0 radical (unpaired) electrons. The number of hydrogen-bond donors (Lipinski definition) is 1. The van der Waals surface area contributed by atoms with E-state index in [4.69, 9.17) is 0 Å². The highest BCUT2D eigenvalue weighted by Gasteiger charge is 2.59. The van der Waals surface area contributed by atoms with Crippen molar-refractivity contribution in [2.75, 3.05) is 0 Å². The lowest BCUT2D eigenvalue weighted by Gasteiger charge is -2.32. The highest BCUT2D eigenvalue weighted by Crippen LogP contribution is 2.69. The molecule has 1 heteroatoms. The van der Waals surface area contributed by atoms with Crippen LogP contribution in [0.4, 0.5) is 0 Å². The van der Waals surface area contributed by atoms with E-state index in [1.165, 1.54) is 44.6 Å². The Morgan fingerprint density at radius 1 is 1.10 bits per heavy atom. The lowest BCUT2D eigenvalue weighted by Crippen LogP contribution is -2.29. The van der Waals surface area contributed by atoms with Gasteiger partial charge in [-0.1, -0.05) is 57.2 Å². The summed E-state index contributed by atoms with van der Waals surface area (Å²) in [5.74, 6) is 0. The minimum Gasteiger partial charge on any atom is -0.385 e. The van der Waals surface area contributed by atoms with Crippen LogP contribution in [-0.4, -0.2) is 10.7 Å². The van der Waals surface area contributed by atoms with Crippen molar-refractivity contribution in [2.45, 2.75) is 92.6 Å². The zero-order valence-corrected chi connectivity index (χ0v) is 20.3. The van der Waals surface area contributed by atoms with Gasteiger partial charge in [-0.2, -0.15) is 0 Å². The summed E-state index contributed by atoms with van der Waals surface area (Å²) < 4.78 is 0. The van der Waals surface area contributed by atoms with E-state index < -0.39 is 5.60 Å². The quantitative estimate of drug-likeness (QED) is 0.336. The molecule has 3 aliphatic rings. The molecule has 2 atom stereocenters. The second kappa shape index (κ2) is 8.00. The normalized spacial score (nSPS) is 29.2. The maximum absolute atomic E-state index is 11.4. The van der Waals surface area contributed by atoms with Crippen molar-refractivity contribution in [3.8, 4) is 0 Å². The molecular formula is C29H40O. The van der Waals surface area contributed by atoms with Gasteiger partial charge in [0.2, 0.25) is 0 Å². The summed E-state index contributed by atoms with van der Waals surface area (Å²) in [7, 11) is 0. The topological polar surface area (TPSA) is 20.2 Å². The summed E-state index contributed by atoms with van der Waals surface area (Å²) in [5, 5.41) is 11.4. The Labute approximate surface area is 184 Å². The first kappa shape index (κ1) is 22.8. The van der Waals surface area contributed by atoms with Crippen molar-refractivity contribution < 1.29 is 5.11 Å². The predicted octanol–water partition coefficient (Wildman–Crippen LogP) is 8.08. The van der Waals surface area contributed by atoms with Gasteiger partial charge in [0, 0.05) is 11.8 Å². The van der Waals surface area contributed by atoms with Crippen molar-refractivity contribution >= 4 is 0 Å². The largest absolute Gasteiger partial charge is 0.385 e.